The quantitative estimate of drug-likeness (QED) is 0.616. The largest absolute Gasteiger partial charge is 0.443 e. The number of nitro groups is 1. The summed E-state index contributed by atoms with van der Waals surface area (Å²) in [7, 11) is 1.65. The maximum absolute atomic E-state index is 10.5. The van der Waals surface area contributed by atoms with Crippen LogP contribution >= 0.6 is 0 Å². The smallest absolute Gasteiger partial charge is 0.287 e. The van der Waals surface area contributed by atoms with E-state index in [0.717, 1.165) is 11.3 Å². The van der Waals surface area contributed by atoms with Gasteiger partial charge in [0.2, 0.25) is 5.88 Å². The third-order valence-electron chi connectivity index (χ3n) is 2.88. The van der Waals surface area contributed by atoms with Crippen molar-refractivity contribution in [3.8, 4) is 5.88 Å². The van der Waals surface area contributed by atoms with Crippen LogP contribution in [0, 0.1) is 10.1 Å². The highest BCUT2D eigenvalue weighted by atomic mass is 16.6. The predicted molar refractivity (Wildman–Crippen MR) is 68.8 cm³/mol. The van der Waals surface area contributed by atoms with Crippen molar-refractivity contribution in [1.82, 2.24) is 4.98 Å². The van der Waals surface area contributed by atoms with Gasteiger partial charge in [-0.2, -0.15) is 0 Å². The molecule has 0 saturated heterocycles. The summed E-state index contributed by atoms with van der Waals surface area (Å²) in [4.78, 5) is 13.9. The average molecular weight is 262 g/mol. The van der Waals surface area contributed by atoms with E-state index in [0.29, 0.717) is 12.3 Å². The van der Waals surface area contributed by atoms with Crippen molar-refractivity contribution in [2.24, 2.45) is 0 Å². The van der Waals surface area contributed by atoms with Gasteiger partial charge in [0.05, 0.1) is 11.0 Å². The first-order valence-electron chi connectivity index (χ1n) is 5.78. The van der Waals surface area contributed by atoms with Crippen LogP contribution in [0.4, 0.5) is 5.69 Å². The molecular weight excluding hydrogens is 248 g/mol. The van der Waals surface area contributed by atoms with E-state index in [2.05, 4.69) is 4.98 Å². The highest BCUT2D eigenvalue weighted by Gasteiger charge is 2.17. The second-order valence-corrected chi connectivity index (χ2v) is 4.19. The number of allylic oxidation sites excluding steroid dienone is 2. The Bertz CT molecular complexity index is 534. The van der Waals surface area contributed by atoms with Gasteiger partial charge in [-0.3, -0.25) is 10.1 Å². The summed E-state index contributed by atoms with van der Waals surface area (Å²) < 4.78 is 10.9. The van der Waals surface area contributed by atoms with E-state index < -0.39 is 4.92 Å². The van der Waals surface area contributed by atoms with E-state index in [1.807, 2.05) is 19.1 Å². The molecule has 0 radical (unpaired) electrons. The summed E-state index contributed by atoms with van der Waals surface area (Å²) in [5.41, 5.74) is 1.07. The van der Waals surface area contributed by atoms with E-state index in [9.17, 15) is 10.1 Å². The molecule has 0 aromatic carbocycles. The van der Waals surface area contributed by atoms with Gasteiger partial charge in [-0.25, -0.2) is 4.98 Å². The molecular formula is C13H14N2O4. The fraction of sp³-hybridized carbons (Fsp3) is 0.308. The fourth-order valence-electron chi connectivity index (χ4n) is 1.76. The Morgan fingerprint density at radius 2 is 2.21 bits per heavy atom. The maximum atomic E-state index is 10.5. The summed E-state index contributed by atoms with van der Waals surface area (Å²) in [5, 5.41) is 10.5. The zero-order valence-corrected chi connectivity index (χ0v) is 10.7. The number of rotatable bonds is 4. The molecule has 2 rings (SSSR count). The first-order valence-corrected chi connectivity index (χ1v) is 5.78. The molecule has 0 spiro atoms. The molecule has 6 nitrogen and oxygen atoms in total. The number of hydrogen-bond acceptors (Lipinski definition) is 5. The number of aromatic nitrogens is 1. The molecule has 1 unspecified atom stereocenters. The molecule has 6 heteroatoms. The Balaban J connectivity index is 2.07. The van der Waals surface area contributed by atoms with Crippen molar-refractivity contribution < 1.29 is 14.4 Å². The minimum Gasteiger partial charge on any atom is -0.443 e. The standard InChI is InChI=1S/C13H14N2O4/c1-9-3-5-11(7-12(9)18-2)19-13-6-4-10(8-14-13)15(16)17/h3-6,8,12H,7H2,1-2H3. The molecule has 19 heavy (non-hydrogen) atoms. The lowest BCUT2D eigenvalue weighted by Crippen LogP contribution is -2.18. The van der Waals surface area contributed by atoms with Crippen molar-refractivity contribution in [2.75, 3.05) is 7.11 Å². The molecule has 1 heterocycles. The zero-order valence-electron chi connectivity index (χ0n) is 10.7. The van der Waals surface area contributed by atoms with Crippen LogP contribution in [0.3, 0.4) is 0 Å². The Morgan fingerprint density at radius 1 is 1.42 bits per heavy atom. The number of ether oxygens (including phenoxy) is 2. The number of pyridine rings is 1. The van der Waals surface area contributed by atoms with Crippen molar-refractivity contribution in [3.05, 3.63) is 51.9 Å². The third kappa shape index (κ3) is 3.17. The molecule has 1 aliphatic rings. The molecule has 1 aromatic rings. The summed E-state index contributed by atoms with van der Waals surface area (Å²) in [6.45, 7) is 1.99. The fourth-order valence-corrected chi connectivity index (χ4v) is 1.76. The van der Waals surface area contributed by atoms with E-state index in [-0.39, 0.29) is 11.8 Å². The van der Waals surface area contributed by atoms with E-state index >= 15 is 0 Å². The second kappa shape index (κ2) is 5.62. The Labute approximate surface area is 110 Å². The summed E-state index contributed by atoms with van der Waals surface area (Å²) in [5.74, 6) is 1.05. The van der Waals surface area contributed by atoms with Gasteiger partial charge < -0.3 is 9.47 Å². The van der Waals surface area contributed by atoms with Crippen LogP contribution in [-0.4, -0.2) is 23.1 Å². The van der Waals surface area contributed by atoms with E-state index in [1.165, 1.54) is 18.3 Å². The van der Waals surface area contributed by atoms with Gasteiger partial charge in [-0.05, 0) is 18.6 Å². The molecule has 1 aromatic heterocycles. The van der Waals surface area contributed by atoms with Crippen molar-refractivity contribution in [2.45, 2.75) is 19.4 Å². The summed E-state index contributed by atoms with van der Waals surface area (Å²) >= 11 is 0. The van der Waals surface area contributed by atoms with Crippen LogP contribution in [0.2, 0.25) is 0 Å². The van der Waals surface area contributed by atoms with Crippen LogP contribution in [0.1, 0.15) is 13.3 Å². The molecule has 0 amide bonds. The number of methoxy groups -OCH3 is 1. The van der Waals surface area contributed by atoms with Crippen molar-refractivity contribution >= 4 is 5.69 Å². The topological polar surface area (TPSA) is 74.5 Å². The first kappa shape index (κ1) is 13.2. The molecule has 0 aliphatic heterocycles. The summed E-state index contributed by atoms with van der Waals surface area (Å²) in [6.07, 6.45) is 5.58. The van der Waals surface area contributed by atoms with Gasteiger partial charge >= 0.3 is 0 Å². The molecule has 1 aliphatic carbocycles. The monoisotopic (exact) mass is 262 g/mol. The minimum absolute atomic E-state index is 0.00181. The molecule has 100 valence electrons. The lowest BCUT2D eigenvalue weighted by Gasteiger charge is -2.21. The highest BCUT2D eigenvalue weighted by Crippen LogP contribution is 2.24. The molecule has 0 saturated carbocycles. The third-order valence-corrected chi connectivity index (χ3v) is 2.88. The number of nitrogens with zero attached hydrogens (tertiary/aromatic N) is 2. The van der Waals surface area contributed by atoms with Gasteiger partial charge in [0.1, 0.15) is 12.0 Å². The number of hydrogen-bond donors (Lipinski definition) is 0. The lowest BCUT2D eigenvalue weighted by atomic mass is 10.0. The SMILES string of the molecule is COC1CC(Oc2ccc([N+](=O)[O-])cn2)=CC=C1C. The van der Waals surface area contributed by atoms with Crippen LogP contribution in [0.5, 0.6) is 5.88 Å². The average Bonchev–Trinajstić information content (AvgIpc) is 2.41. The molecule has 1 atom stereocenters. The van der Waals surface area contributed by atoms with Crippen LogP contribution in [-0.2, 0) is 4.74 Å². The Morgan fingerprint density at radius 3 is 2.79 bits per heavy atom. The molecule has 0 bridgehead atoms. The van der Waals surface area contributed by atoms with Crippen LogP contribution in [0.25, 0.3) is 0 Å². The minimum atomic E-state index is -0.496. The van der Waals surface area contributed by atoms with Crippen molar-refractivity contribution in [1.29, 1.82) is 0 Å². The zero-order chi connectivity index (χ0) is 13.8. The van der Waals surface area contributed by atoms with E-state index in [4.69, 9.17) is 9.47 Å². The maximum Gasteiger partial charge on any atom is 0.287 e. The van der Waals surface area contributed by atoms with Gasteiger partial charge in [-0.15, -0.1) is 0 Å². The van der Waals surface area contributed by atoms with Crippen LogP contribution in [0.15, 0.2) is 41.8 Å². The van der Waals surface area contributed by atoms with Gasteiger partial charge in [-0.1, -0.05) is 6.08 Å². The Kier molecular flexibility index (Phi) is 3.91. The van der Waals surface area contributed by atoms with Gasteiger partial charge in [0, 0.05) is 25.7 Å². The molecule has 0 N–H and O–H groups in total. The molecule has 0 fully saturated rings. The van der Waals surface area contributed by atoms with E-state index in [1.54, 1.807) is 7.11 Å². The van der Waals surface area contributed by atoms with Crippen molar-refractivity contribution in [3.63, 3.8) is 0 Å². The lowest BCUT2D eigenvalue weighted by molar-refractivity contribution is -0.385. The summed E-state index contributed by atoms with van der Waals surface area (Å²) in [6, 6.07) is 2.84. The van der Waals surface area contributed by atoms with Gasteiger partial charge in [0.15, 0.2) is 0 Å². The first-order chi connectivity index (χ1) is 9.10. The van der Waals surface area contributed by atoms with Gasteiger partial charge in [0.25, 0.3) is 5.69 Å². The highest BCUT2D eigenvalue weighted by molar-refractivity contribution is 5.31. The second-order valence-electron chi connectivity index (χ2n) is 4.19. The van der Waals surface area contributed by atoms with Crippen LogP contribution < -0.4 is 4.74 Å². The predicted octanol–water partition coefficient (Wildman–Crippen LogP) is 2.62. The normalized spacial score (nSPS) is 18.5. The Hall–Kier alpha value is -2.21.